The van der Waals surface area contributed by atoms with Gasteiger partial charge in [0.25, 0.3) is 0 Å². The molecule has 1 amide bonds. The molecule has 0 unspecified atom stereocenters. The van der Waals surface area contributed by atoms with E-state index in [0.717, 1.165) is 56.1 Å². The van der Waals surface area contributed by atoms with Gasteiger partial charge in [0.1, 0.15) is 5.82 Å². The Morgan fingerprint density at radius 3 is 2.96 bits per heavy atom. The lowest BCUT2D eigenvalue weighted by Gasteiger charge is -2.33. The maximum Gasteiger partial charge on any atom is 0.225 e. The molecule has 1 aliphatic heterocycles. The SMILES string of the molecule is CC(C)c1cc(NC[C@@H]2CCCN(C(=O)C3CC3)C2)n2nccc2n1. The quantitative estimate of drug-likeness (QED) is 0.908. The second-order valence-corrected chi connectivity index (χ2v) is 7.77. The highest BCUT2D eigenvalue weighted by molar-refractivity contribution is 5.81. The van der Waals surface area contributed by atoms with Gasteiger partial charge in [-0.25, -0.2) is 4.98 Å². The molecule has 3 heterocycles. The van der Waals surface area contributed by atoms with Crippen molar-refractivity contribution in [3.63, 3.8) is 0 Å². The molecule has 1 aliphatic carbocycles. The molecular weight excluding hydrogens is 314 g/mol. The number of amides is 1. The number of fused-ring (bicyclic) bond motifs is 1. The van der Waals surface area contributed by atoms with Crippen LogP contribution in [0.1, 0.15) is 51.1 Å². The molecule has 25 heavy (non-hydrogen) atoms. The van der Waals surface area contributed by atoms with Gasteiger partial charge < -0.3 is 10.2 Å². The predicted molar refractivity (Wildman–Crippen MR) is 97.6 cm³/mol. The fourth-order valence-corrected chi connectivity index (χ4v) is 3.62. The Morgan fingerprint density at radius 2 is 2.20 bits per heavy atom. The summed E-state index contributed by atoms with van der Waals surface area (Å²) in [5.41, 5.74) is 1.95. The lowest BCUT2D eigenvalue weighted by molar-refractivity contribution is -0.134. The van der Waals surface area contributed by atoms with E-state index in [0.29, 0.717) is 23.7 Å². The molecule has 2 aliphatic rings. The van der Waals surface area contributed by atoms with Crippen molar-refractivity contribution in [3.8, 4) is 0 Å². The number of hydrogen-bond acceptors (Lipinski definition) is 4. The van der Waals surface area contributed by atoms with E-state index in [2.05, 4.69) is 40.2 Å². The molecule has 6 nitrogen and oxygen atoms in total. The highest BCUT2D eigenvalue weighted by Crippen LogP contribution is 2.32. The summed E-state index contributed by atoms with van der Waals surface area (Å²) >= 11 is 0. The number of hydrogen-bond donors (Lipinski definition) is 1. The van der Waals surface area contributed by atoms with E-state index >= 15 is 0 Å². The van der Waals surface area contributed by atoms with E-state index in [1.807, 2.05) is 10.6 Å². The summed E-state index contributed by atoms with van der Waals surface area (Å²) in [6, 6.07) is 4.04. The number of anilines is 1. The molecule has 134 valence electrons. The van der Waals surface area contributed by atoms with E-state index in [4.69, 9.17) is 0 Å². The van der Waals surface area contributed by atoms with Gasteiger partial charge in [-0.15, -0.1) is 0 Å². The van der Waals surface area contributed by atoms with Gasteiger partial charge in [-0.3, -0.25) is 4.79 Å². The van der Waals surface area contributed by atoms with Crippen molar-refractivity contribution in [1.29, 1.82) is 0 Å². The van der Waals surface area contributed by atoms with Crippen LogP contribution in [0, 0.1) is 11.8 Å². The summed E-state index contributed by atoms with van der Waals surface area (Å²) in [7, 11) is 0. The minimum Gasteiger partial charge on any atom is -0.370 e. The first-order valence-corrected chi connectivity index (χ1v) is 9.49. The number of nitrogens with zero attached hydrogens (tertiary/aromatic N) is 4. The number of carbonyl (C=O) groups is 1. The Labute approximate surface area is 148 Å². The second kappa shape index (κ2) is 6.65. The van der Waals surface area contributed by atoms with Crippen molar-refractivity contribution in [2.24, 2.45) is 11.8 Å². The Morgan fingerprint density at radius 1 is 1.36 bits per heavy atom. The summed E-state index contributed by atoms with van der Waals surface area (Å²) in [6.07, 6.45) is 6.24. The van der Waals surface area contributed by atoms with Gasteiger partial charge in [-0.2, -0.15) is 9.61 Å². The Bertz CT molecular complexity index is 764. The first-order valence-electron chi connectivity index (χ1n) is 9.49. The van der Waals surface area contributed by atoms with E-state index < -0.39 is 0 Å². The van der Waals surface area contributed by atoms with Crippen LogP contribution in [0.15, 0.2) is 18.3 Å². The van der Waals surface area contributed by atoms with Crippen LogP contribution >= 0.6 is 0 Å². The first kappa shape index (κ1) is 16.4. The fraction of sp³-hybridized carbons (Fsp3) is 0.632. The highest BCUT2D eigenvalue weighted by atomic mass is 16.2. The highest BCUT2D eigenvalue weighted by Gasteiger charge is 2.35. The minimum absolute atomic E-state index is 0.323. The van der Waals surface area contributed by atoms with Crippen LogP contribution in [0.4, 0.5) is 5.82 Å². The number of nitrogens with one attached hydrogen (secondary N) is 1. The summed E-state index contributed by atoms with van der Waals surface area (Å²) in [6.45, 7) is 6.99. The van der Waals surface area contributed by atoms with Crippen LogP contribution in [0.25, 0.3) is 5.65 Å². The molecule has 1 atom stereocenters. The normalized spacial score (nSPS) is 21.1. The number of rotatable bonds is 5. The van der Waals surface area contributed by atoms with E-state index in [-0.39, 0.29) is 0 Å². The summed E-state index contributed by atoms with van der Waals surface area (Å²) in [5, 5.41) is 7.95. The van der Waals surface area contributed by atoms with E-state index in [1.54, 1.807) is 6.20 Å². The molecule has 1 saturated heterocycles. The van der Waals surface area contributed by atoms with Crippen molar-refractivity contribution in [3.05, 3.63) is 24.0 Å². The molecule has 2 aromatic heterocycles. The number of aromatic nitrogens is 3. The van der Waals surface area contributed by atoms with Gasteiger partial charge in [0.05, 0.1) is 6.20 Å². The molecule has 0 spiro atoms. The largest absolute Gasteiger partial charge is 0.370 e. The van der Waals surface area contributed by atoms with Crippen LogP contribution in [0.2, 0.25) is 0 Å². The van der Waals surface area contributed by atoms with Crippen LogP contribution in [-0.2, 0) is 4.79 Å². The zero-order valence-electron chi connectivity index (χ0n) is 15.1. The van der Waals surface area contributed by atoms with E-state index in [9.17, 15) is 4.79 Å². The Balaban J connectivity index is 1.44. The molecule has 0 bridgehead atoms. The smallest absolute Gasteiger partial charge is 0.225 e. The van der Waals surface area contributed by atoms with E-state index in [1.165, 1.54) is 6.42 Å². The van der Waals surface area contributed by atoms with Crippen molar-refractivity contribution < 1.29 is 4.79 Å². The summed E-state index contributed by atoms with van der Waals surface area (Å²) in [4.78, 5) is 19.1. The maximum atomic E-state index is 12.3. The van der Waals surface area contributed by atoms with Gasteiger partial charge in [0.2, 0.25) is 5.91 Å². The predicted octanol–water partition coefficient (Wildman–Crippen LogP) is 2.91. The zero-order valence-corrected chi connectivity index (χ0v) is 15.1. The Kier molecular flexibility index (Phi) is 4.36. The molecular formula is C19H27N5O. The lowest BCUT2D eigenvalue weighted by Crippen LogP contribution is -2.42. The minimum atomic E-state index is 0.323. The third-order valence-corrected chi connectivity index (χ3v) is 5.30. The van der Waals surface area contributed by atoms with Crippen LogP contribution in [0.3, 0.4) is 0 Å². The molecule has 0 aromatic carbocycles. The van der Waals surface area contributed by atoms with Gasteiger partial charge in [-0.05, 0) is 37.5 Å². The van der Waals surface area contributed by atoms with Crippen molar-refractivity contribution in [2.45, 2.75) is 45.4 Å². The maximum absolute atomic E-state index is 12.3. The average molecular weight is 341 g/mol. The molecule has 4 rings (SSSR count). The molecule has 1 N–H and O–H groups in total. The van der Waals surface area contributed by atoms with Gasteiger partial charge >= 0.3 is 0 Å². The number of piperidine rings is 1. The Hall–Kier alpha value is -2.11. The summed E-state index contributed by atoms with van der Waals surface area (Å²) in [5.74, 6) is 2.57. The lowest BCUT2D eigenvalue weighted by atomic mass is 9.97. The summed E-state index contributed by atoms with van der Waals surface area (Å²) < 4.78 is 1.86. The number of likely N-dealkylation sites (tertiary alicyclic amines) is 1. The van der Waals surface area contributed by atoms with Gasteiger partial charge in [0, 0.05) is 43.4 Å². The molecule has 2 aromatic rings. The van der Waals surface area contributed by atoms with Crippen molar-refractivity contribution in [1.82, 2.24) is 19.5 Å². The van der Waals surface area contributed by atoms with Crippen LogP contribution in [-0.4, -0.2) is 45.0 Å². The van der Waals surface area contributed by atoms with Crippen molar-refractivity contribution >= 4 is 17.4 Å². The van der Waals surface area contributed by atoms with Gasteiger partial charge in [0.15, 0.2) is 5.65 Å². The standard InChI is InChI=1S/C19H27N5O/c1-13(2)16-10-18(24-17(22-16)7-8-21-24)20-11-14-4-3-9-23(12-14)19(25)15-5-6-15/h7-8,10,13-15,20H,3-6,9,11-12H2,1-2H3/t14-/m0/s1. The van der Waals surface area contributed by atoms with Crippen molar-refractivity contribution in [2.75, 3.05) is 25.0 Å². The first-order chi connectivity index (χ1) is 12.1. The van der Waals surface area contributed by atoms with Gasteiger partial charge in [-0.1, -0.05) is 13.8 Å². The fourth-order valence-electron chi connectivity index (χ4n) is 3.62. The number of carbonyl (C=O) groups excluding carboxylic acids is 1. The molecule has 0 radical (unpaired) electrons. The topological polar surface area (TPSA) is 62.5 Å². The third-order valence-electron chi connectivity index (χ3n) is 5.30. The molecule has 1 saturated carbocycles. The zero-order chi connectivity index (χ0) is 17.4. The van der Waals surface area contributed by atoms with Crippen LogP contribution in [0.5, 0.6) is 0 Å². The van der Waals surface area contributed by atoms with Crippen LogP contribution < -0.4 is 5.32 Å². The monoisotopic (exact) mass is 341 g/mol. The second-order valence-electron chi connectivity index (χ2n) is 7.77. The third kappa shape index (κ3) is 3.48. The molecule has 2 fully saturated rings. The molecule has 6 heteroatoms. The average Bonchev–Trinajstić information content (AvgIpc) is 3.36.